The number of halogens is 1. The number of benzene rings is 3. The molecule has 174 valence electrons. The number of hydrogen-bond acceptors (Lipinski definition) is 7. The van der Waals surface area contributed by atoms with E-state index in [1.807, 2.05) is 30.3 Å². The molecule has 0 amide bonds. The zero-order valence-corrected chi connectivity index (χ0v) is 19.4. The molecule has 0 bridgehead atoms. The van der Waals surface area contributed by atoms with Gasteiger partial charge in [-0.2, -0.15) is 0 Å². The van der Waals surface area contributed by atoms with Crippen LogP contribution in [0.15, 0.2) is 88.3 Å². The lowest BCUT2D eigenvalue weighted by Crippen LogP contribution is -2.31. The zero-order chi connectivity index (χ0) is 24.3. The van der Waals surface area contributed by atoms with Crippen LogP contribution in [0.1, 0.15) is 5.69 Å². The zero-order valence-electron chi connectivity index (χ0n) is 17.8. The fraction of sp³-hybridized carbons (Fsp3) is 0.0870. The molecular formula is C23H18ClN3O6S. The third kappa shape index (κ3) is 4.59. The topological polar surface area (TPSA) is 116 Å². The van der Waals surface area contributed by atoms with Crippen molar-refractivity contribution in [1.29, 1.82) is 0 Å². The molecule has 0 atom stereocenters. The number of anilines is 1. The molecular weight excluding hydrogens is 482 g/mol. The normalized spacial score (nSPS) is 11.2. The Hall–Kier alpha value is -3.89. The first kappa shape index (κ1) is 23.3. The van der Waals surface area contributed by atoms with Gasteiger partial charge in [0.15, 0.2) is 5.76 Å². The Bertz CT molecular complexity index is 1440. The number of sulfonamides is 1. The predicted molar refractivity (Wildman–Crippen MR) is 126 cm³/mol. The maximum Gasteiger partial charge on any atom is 0.270 e. The van der Waals surface area contributed by atoms with Crippen LogP contribution in [0.4, 0.5) is 11.4 Å². The summed E-state index contributed by atoms with van der Waals surface area (Å²) in [4.78, 5) is 10.2. The highest BCUT2D eigenvalue weighted by Gasteiger charge is 2.32. The van der Waals surface area contributed by atoms with E-state index < -0.39 is 25.5 Å². The molecule has 0 saturated carbocycles. The highest BCUT2D eigenvalue weighted by molar-refractivity contribution is 7.93. The van der Waals surface area contributed by atoms with Gasteiger partial charge in [-0.05, 0) is 18.2 Å². The highest BCUT2D eigenvalue weighted by Crippen LogP contribution is 2.37. The summed E-state index contributed by atoms with van der Waals surface area (Å²) in [6, 6.07) is 20.6. The molecule has 1 heterocycles. The molecule has 4 aromatic rings. The SMILES string of the molecule is COc1ccccc1N(Cc1cc(-c2ccccc2)on1)S(=O)(=O)c1cc([N+](=O)[O-])ccc1Cl. The van der Waals surface area contributed by atoms with Gasteiger partial charge in [0.2, 0.25) is 0 Å². The molecule has 0 radical (unpaired) electrons. The quantitative estimate of drug-likeness (QED) is 0.238. The van der Waals surface area contributed by atoms with Gasteiger partial charge in [-0.3, -0.25) is 14.4 Å². The molecule has 1 aromatic heterocycles. The minimum Gasteiger partial charge on any atom is -0.495 e. The Morgan fingerprint density at radius 3 is 2.47 bits per heavy atom. The Labute approximate surface area is 200 Å². The molecule has 0 unspecified atom stereocenters. The van der Waals surface area contributed by atoms with Crippen LogP contribution in [-0.4, -0.2) is 25.6 Å². The summed E-state index contributed by atoms with van der Waals surface area (Å²) in [7, 11) is -2.98. The summed E-state index contributed by atoms with van der Waals surface area (Å²) in [5.74, 6) is 0.737. The molecule has 0 N–H and O–H groups in total. The monoisotopic (exact) mass is 499 g/mol. The van der Waals surface area contributed by atoms with Gasteiger partial charge in [0.25, 0.3) is 15.7 Å². The van der Waals surface area contributed by atoms with Crippen LogP contribution in [0.2, 0.25) is 5.02 Å². The van der Waals surface area contributed by atoms with E-state index in [0.29, 0.717) is 11.5 Å². The first-order valence-electron chi connectivity index (χ1n) is 9.92. The van der Waals surface area contributed by atoms with E-state index in [1.54, 1.807) is 30.3 Å². The molecule has 0 saturated heterocycles. The second kappa shape index (κ2) is 9.54. The minimum absolute atomic E-state index is 0.157. The average Bonchev–Trinajstić information content (AvgIpc) is 3.32. The van der Waals surface area contributed by atoms with Crippen molar-refractivity contribution in [2.75, 3.05) is 11.4 Å². The molecule has 3 aromatic carbocycles. The van der Waals surface area contributed by atoms with Crippen molar-refractivity contribution in [3.05, 3.63) is 99.7 Å². The fourth-order valence-corrected chi connectivity index (χ4v) is 5.27. The number of methoxy groups -OCH3 is 1. The second-order valence-corrected chi connectivity index (χ2v) is 9.34. The maximum absolute atomic E-state index is 13.8. The number of nitrogens with zero attached hydrogens (tertiary/aromatic N) is 3. The maximum atomic E-state index is 13.8. The fourth-order valence-electron chi connectivity index (χ4n) is 3.33. The first-order valence-corrected chi connectivity index (χ1v) is 11.7. The molecule has 11 heteroatoms. The van der Waals surface area contributed by atoms with Crippen molar-refractivity contribution in [3.63, 3.8) is 0 Å². The van der Waals surface area contributed by atoms with Crippen LogP contribution in [-0.2, 0) is 16.6 Å². The molecule has 34 heavy (non-hydrogen) atoms. The van der Waals surface area contributed by atoms with Crippen LogP contribution >= 0.6 is 11.6 Å². The third-order valence-corrected chi connectivity index (χ3v) is 7.21. The molecule has 0 aliphatic heterocycles. The Balaban J connectivity index is 1.82. The van der Waals surface area contributed by atoms with Gasteiger partial charge in [-0.15, -0.1) is 0 Å². The lowest BCUT2D eigenvalue weighted by atomic mass is 10.1. The number of para-hydroxylation sites is 2. The van der Waals surface area contributed by atoms with Crippen LogP contribution in [0, 0.1) is 10.1 Å². The molecule has 0 spiro atoms. The Morgan fingerprint density at radius 1 is 1.06 bits per heavy atom. The van der Waals surface area contributed by atoms with Gasteiger partial charge in [0, 0.05) is 23.8 Å². The van der Waals surface area contributed by atoms with Gasteiger partial charge < -0.3 is 9.26 Å². The van der Waals surface area contributed by atoms with E-state index in [2.05, 4.69) is 5.16 Å². The number of non-ortho nitro benzene ring substituents is 1. The van der Waals surface area contributed by atoms with Crippen LogP contribution in [0.25, 0.3) is 11.3 Å². The van der Waals surface area contributed by atoms with Crippen molar-refractivity contribution >= 4 is 33.0 Å². The van der Waals surface area contributed by atoms with Gasteiger partial charge in [-0.25, -0.2) is 8.42 Å². The minimum atomic E-state index is -4.39. The van der Waals surface area contributed by atoms with Gasteiger partial charge in [0.1, 0.15) is 16.3 Å². The van der Waals surface area contributed by atoms with Crippen molar-refractivity contribution < 1.29 is 22.6 Å². The molecule has 0 fully saturated rings. The van der Waals surface area contributed by atoms with Crippen LogP contribution < -0.4 is 9.04 Å². The smallest absolute Gasteiger partial charge is 0.270 e. The van der Waals surface area contributed by atoms with Crippen molar-refractivity contribution in [2.45, 2.75) is 11.4 Å². The average molecular weight is 500 g/mol. The Morgan fingerprint density at radius 2 is 1.76 bits per heavy atom. The van der Waals surface area contributed by atoms with Crippen molar-refractivity contribution in [2.24, 2.45) is 0 Å². The van der Waals surface area contributed by atoms with Crippen LogP contribution in [0.5, 0.6) is 5.75 Å². The Kier molecular flexibility index (Phi) is 6.53. The van der Waals surface area contributed by atoms with E-state index in [9.17, 15) is 18.5 Å². The van der Waals surface area contributed by atoms with E-state index in [0.717, 1.165) is 22.0 Å². The van der Waals surface area contributed by atoms with E-state index in [4.69, 9.17) is 20.9 Å². The van der Waals surface area contributed by atoms with Crippen LogP contribution in [0.3, 0.4) is 0 Å². The van der Waals surface area contributed by atoms with Gasteiger partial charge in [0.05, 0.1) is 29.3 Å². The number of rotatable bonds is 8. The highest BCUT2D eigenvalue weighted by atomic mass is 35.5. The first-order chi connectivity index (χ1) is 16.3. The van der Waals surface area contributed by atoms with Gasteiger partial charge in [-0.1, -0.05) is 59.2 Å². The lowest BCUT2D eigenvalue weighted by Gasteiger charge is -2.25. The summed E-state index contributed by atoms with van der Waals surface area (Å²) in [6.07, 6.45) is 0. The number of nitro benzene ring substituents is 1. The van der Waals surface area contributed by atoms with E-state index >= 15 is 0 Å². The molecule has 0 aliphatic carbocycles. The summed E-state index contributed by atoms with van der Waals surface area (Å²) < 4.78 is 39.4. The lowest BCUT2D eigenvalue weighted by molar-refractivity contribution is -0.385. The van der Waals surface area contributed by atoms with E-state index in [-0.39, 0.29) is 23.0 Å². The summed E-state index contributed by atoms with van der Waals surface area (Å²) in [6.45, 7) is -0.238. The molecule has 0 aliphatic rings. The molecule has 9 nitrogen and oxygen atoms in total. The molecule has 4 rings (SSSR count). The number of nitro groups is 1. The summed E-state index contributed by atoms with van der Waals surface area (Å²) in [5, 5.41) is 15.1. The largest absolute Gasteiger partial charge is 0.495 e. The van der Waals surface area contributed by atoms with Crippen molar-refractivity contribution in [1.82, 2.24) is 5.16 Å². The van der Waals surface area contributed by atoms with Crippen molar-refractivity contribution in [3.8, 4) is 17.1 Å². The predicted octanol–water partition coefficient (Wildman–Crippen LogP) is 5.31. The summed E-state index contributed by atoms with van der Waals surface area (Å²) >= 11 is 6.18. The standard InChI is InChI=1S/C23H18ClN3O6S/c1-32-21-10-6-5-9-20(21)26(15-17-13-22(33-25-17)16-7-3-2-4-8-16)34(30,31)23-14-18(27(28)29)11-12-19(23)24/h2-14H,15H2,1H3. The number of hydrogen-bond donors (Lipinski definition) is 0. The number of aromatic nitrogens is 1. The third-order valence-electron chi connectivity index (χ3n) is 4.97. The number of ether oxygens (including phenoxy) is 1. The van der Waals surface area contributed by atoms with E-state index in [1.165, 1.54) is 13.2 Å². The van der Waals surface area contributed by atoms with Gasteiger partial charge >= 0.3 is 0 Å². The summed E-state index contributed by atoms with van der Waals surface area (Å²) in [5.41, 5.74) is 0.886. The second-order valence-electron chi connectivity index (χ2n) is 7.10.